The van der Waals surface area contributed by atoms with Crippen molar-refractivity contribution in [2.24, 2.45) is 0 Å². The van der Waals surface area contributed by atoms with Gasteiger partial charge in [-0.15, -0.1) is 0 Å². The Labute approximate surface area is 88.5 Å². The third kappa shape index (κ3) is 2.84. The summed E-state index contributed by atoms with van der Waals surface area (Å²) in [5, 5.41) is 0.0231. The molecule has 0 radical (unpaired) electrons. The van der Waals surface area contributed by atoms with E-state index in [1.807, 2.05) is 0 Å². The number of halogens is 1. The molecule has 0 fully saturated rings. The fourth-order valence-electron chi connectivity index (χ4n) is 0.654. The molecule has 0 bridgehead atoms. The number of hydrogen-bond donors (Lipinski definition) is 1. The molecule has 12 heavy (non-hydrogen) atoms. The number of benzene rings is 1. The molecular formula is C6H8ClGaO3S. The second-order valence-electron chi connectivity index (χ2n) is 1.91. The molecule has 0 aromatic heterocycles. The zero-order chi connectivity index (χ0) is 8.48. The predicted octanol–water partition coefficient (Wildman–Crippen LogP) is 0.403. The monoisotopic (exact) mass is 264 g/mol. The average Bonchev–Trinajstić information content (AvgIpc) is 1.86. The molecule has 0 aliphatic rings. The van der Waals surface area contributed by atoms with Crippen molar-refractivity contribution < 1.29 is 13.0 Å². The molecular weight excluding hydrogens is 257 g/mol. The van der Waals surface area contributed by atoms with Crippen molar-refractivity contribution in [3.8, 4) is 0 Å². The van der Waals surface area contributed by atoms with Crippen molar-refractivity contribution in [2.75, 3.05) is 0 Å². The number of rotatable bonds is 1. The summed E-state index contributed by atoms with van der Waals surface area (Å²) in [5.41, 5.74) is 0. The summed E-state index contributed by atoms with van der Waals surface area (Å²) in [6, 6.07) is 5.69. The Hall–Kier alpha value is 0.0564. The molecule has 1 aromatic carbocycles. The summed E-state index contributed by atoms with van der Waals surface area (Å²) in [6.45, 7) is 0. The van der Waals surface area contributed by atoms with Crippen molar-refractivity contribution in [3.05, 3.63) is 29.3 Å². The molecule has 0 unspecified atom stereocenters. The van der Waals surface area contributed by atoms with Crippen LogP contribution in [0.4, 0.5) is 0 Å². The Balaban J connectivity index is 0.00000121. The van der Waals surface area contributed by atoms with Gasteiger partial charge in [0.25, 0.3) is 10.1 Å². The van der Waals surface area contributed by atoms with Crippen molar-refractivity contribution >= 4 is 41.5 Å². The van der Waals surface area contributed by atoms with E-state index in [1.165, 1.54) is 18.2 Å². The van der Waals surface area contributed by atoms with Crippen LogP contribution in [0.2, 0.25) is 5.02 Å². The maximum absolute atomic E-state index is 10.5. The zero-order valence-corrected chi connectivity index (χ0v) is 6.93. The van der Waals surface area contributed by atoms with Crippen molar-refractivity contribution in [1.82, 2.24) is 0 Å². The molecule has 0 atom stereocenters. The van der Waals surface area contributed by atoms with Gasteiger partial charge in [-0.05, 0) is 12.1 Å². The van der Waals surface area contributed by atoms with E-state index in [1.54, 1.807) is 6.07 Å². The van der Waals surface area contributed by atoms with Crippen LogP contribution < -0.4 is 0 Å². The first kappa shape index (κ1) is 12.1. The maximum atomic E-state index is 10.5. The molecule has 0 heterocycles. The van der Waals surface area contributed by atoms with Gasteiger partial charge in [-0.2, -0.15) is 8.42 Å². The molecule has 66 valence electrons. The molecule has 0 aliphatic carbocycles. The SMILES string of the molecule is O=S(=O)(O)c1ccccc1Cl.[GaH3]. The van der Waals surface area contributed by atoms with E-state index < -0.39 is 10.1 Å². The average molecular weight is 265 g/mol. The van der Waals surface area contributed by atoms with Gasteiger partial charge in [-0.1, -0.05) is 23.7 Å². The van der Waals surface area contributed by atoms with Crippen LogP contribution in [0.1, 0.15) is 0 Å². The second kappa shape index (κ2) is 4.34. The van der Waals surface area contributed by atoms with Gasteiger partial charge in [0, 0.05) is 0 Å². The van der Waals surface area contributed by atoms with Crippen molar-refractivity contribution in [3.63, 3.8) is 0 Å². The van der Waals surface area contributed by atoms with Crippen LogP contribution in [0.25, 0.3) is 0 Å². The predicted molar refractivity (Wildman–Crippen MR) is 51.2 cm³/mol. The topological polar surface area (TPSA) is 54.4 Å². The Morgan fingerprint density at radius 2 is 1.75 bits per heavy atom. The van der Waals surface area contributed by atoms with Crippen LogP contribution in [0.3, 0.4) is 0 Å². The summed E-state index contributed by atoms with van der Waals surface area (Å²) < 4.78 is 29.6. The van der Waals surface area contributed by atoms with Crippen LogP contribution in [0.15, 0.2) is 29.2 Å². The van der Waals surface area contributed by atoms with Gasteiger partial charge in [0.05, 0.1) is 5.02 Å². The van der Waals surface area contributed by atoms with E-state index in [0.29, 0.717) is 0 Å². The summed E-state index contributed by atoms with van der Waals surface area (Å²) in [7, 11) is -4.17. The fourth-order valence-corrected chi connectivity index (χ4v) is 1.65. The van der Waals surface area contributed by atoms with Gasteiger partial charge < -0.3 is 0 Å². The molecule has 1 rings (SSSR count). The van der Waals surface area contributed by atoms with Crippen LogP contribution in [0.5, 0.6) is 0 Å². The zero-order valence-electron chi connectivity index (χ0n) is 5.36. The van der Waals surface area contributed by atoms with Gasteiger partial charge in [0.1, 0.15) is 4.90 Å². The summed E-state index contributed by atoms with van der Waals surface area (Å²) in [6.07, 6.45) is 0. The standard InChI is InChI=1S/C6H5ClO3S.Ga.3H/c7-5-3-1-2-4-6(5)11(8,9)10;;;;/h1-4H,(H,8,9,10);;;;. The third-order valence-corrected chi connectivity index (χ3v) is 2.47. The molecule has 0 saturated carbocycles. The fraction of sp³-hybridized carbons (Fsp3) is 0. The van der Waals surface area contributed by atoms with E-state index in [4.69, 9.17) is 16.2 Å². The molecule has 3 nitrogen and oxygen atoms in total. The Kier molecular flexibility index (Phi) is 4.36. The van der Waals surface area contributed by atoms with E-state index in [-0.39, 0.29) is 29.7 Å². The molecule has 0 spiro atoms. The minimum atomic E-state index is -4.17. The normalized spacial score (nSPS) is 10.5. The Bertz CT molecular complexity index is 363. The molecule has 6 heteroatoms. The van der Waals surface area contributed by atoms with Gasteiger partial charge in [0.2, 0.25) is 0 Å². The van der Waals surface area contributed by atoms with Crippen LogP contribution in [-0.4, -0.2) is 32.8 Å². The first-order valence-corrected chi connectivity index (χ1v) is 4.55. The van der Waals surface area contributed by atoms with E-state index in [9.17, 15) is 8.42 Å². The molecule has 1 aromatic rings. The Morgan fingerprint density at radius 3 is 2.08 bits per heavy atom. The molecule has 0 amide bonds. The van der Waals surface area contributed by atoms with E-state index in [0.717, 1.165) is 0 Å². The van der Waals surface area contributed by atoms with Crippen LogP contribution in [0, 0.1) is 0 Å². The molecule has 1 N–H and O–H groups in total. The van der Waals surface area contributed by atoms with Crippen molar-refractivity contribution in [2.45, 2.75) is 4.90 Å². The van der Waals surface area contributed by atoms with Gasteiger partial charge >= 0.3 is 19.8 Å². The third-order valence-electron chi connectivity index (χ3n) is 1.11. The summed E-state index contributed by atoms with van der Waals surface area (Å²) in [4.78, 5) is -0.262. The quantitative estimate of drug-likeness (QED) is 0.591. The summed E-state index contributed by atoms with van der Waals surface area (Å²) >= 11 is 5.47. The van der Waals surface area contributed by atoms with Crippen LogP contribution in [-0.2, 0) is 10.1 Å². The Morgan fingerprint density at radius 1 is 1.25 bits per heavy atom. The molecule has 0 aliphatic heterocycles. The minimum absolute atomic E-state index is 0. The van der Waals surface area contributed by atoms with Crippen molar-refractivity contribution in [1.29, 1.82) is 0 Å². The van der Waals surface area contributed by atoms with E-state index in [2.05, 4.69) is 0 Å². The van der Waals surface area contributed by atoms with Gasteiger partial charge in [-0.3, -0.25) is 4.55 Å². The molecule has 0 saturated heterocycles. The van der Waals surface area contributed by atoms with E-state index >= 15 is 0 Å². The van der Waals surface area contributed by atoms with Gasteiger partial charge in [0.15, 0.2) is 0 Å². The van der Waals surface area contributed by atoms with Crippen LogP contribution >= 0.6 is 11.6 Å². The summed E-state index contributed by atoms with van der Waals surface area (Å²) in [5.74, 6) is 0. The first-order chi connectivity index (χ1) is 5.02. The first-order valence-electron chi connectivity index (χ1n) is 2.74. The second-order valence-corrected chi connectivity index (χ2v) is 3.70. The van der Waals surface area contributed by atoms with Gasteiger partial charge in [-0.25, -0.2) is 0 Å². The number of hydrogen-bond acceptors (Lipinski definition) is 2.